The lowest BCUT2D eigenvalue weighted by Gasteiger charge is -2.34. The van der Waals surface area contributed by atoms with Gasteiger partial charge in [0.15, 0.2) is 5.96 Å². The second-order valence-electron chi connectivity index (χ2n) is 6.30. The lowest BCUT2D eigenvalue weighted by Crippen LogP contribution is -2.47. The summed E-state index contributed by atoms with van der Waals surface area (Å²) in [7, 11) is 1.73. The fourth-order valence-corrected chi connectivity index (χ4v) is 3.71. The minimum absolute atomic E-state index is 0.375. The van der Waals surface area contributed by atoms with Crippen LogP contribution in [-0.2, 0) is 9.47 Å². The number of rotatable bonds is 10. The first-order valence-corrected chi connectivity index (χ1v) is 10.6. The van der Waals surface area contributed by atoms with E-state index in [1.165, 1.54) is 4.90 Å². The van der Waals surface area contributed by atoms with Gasteiger partial charge in [-0.05, 0) is 38.3 Å². The molecule has 1 fully saturated rings. The van der Waals surface area contributed by atoms with Crippen molar-refractivity contribution in [1.82, 2.24) is 10.2 Å². The van der Waals surface area contributed by atoms with Crippen LogP contribution in [0.1, 0.15) is 26.2 Å². The molecule has 0 atom stereocenters. The van der Waals surface area contributed by atoms with Crippen LogP contribution in [-0.4, -0.2) is 69.2 Å². The van der Waals surface area contributed by atoms with Gasteiger partial charge in [0.2, 0.25) is 0 Å². The van der Waals surface area contributed by atoms with Gasteiger partial charge in [0.05, 0.1) is 12.6 Å². The van der Waals surface area contributed by atoms with Gasteiger partial charge in [-0.1, -0.05) is 18.2 Å². The second kappa shape index (κ2) is 13.0. The third kappa shape index (κ3) is 7.98. The van der Waals surface area contributed by atoms with E-state index in [9.17, 15) is 0 Å². The van der Waals surface area contributed by atoms with Gasteiger partial charge in [-0.15, -0.1) is 11.8 Å². The standard InChI is InChI=1S/C20H33N3O2S/c1-3-21-20(22-12-17-26-19-8-5-4-6-9-19)23-13-10-18(11-14-23)25-16-7-15-24-2/h4-6,8-9,18H,3,7,10-17H2,1-2H3,(H,21,22). The average Bonchev–Trinajstić information content (AvgIpc) is 2.69. The van der Waals surface area contributed by atoms with E-state index in [2.05, 4.69) is 47.5 Å². The quantitative estimate of drug-likeness (QED) is 0.293. The number of thioether (sulfide) groups is 1. The van der Waals surface area contributed by atoms with E-state index in [1.807, 2.05) is 11.8 Å². The molecule has 146 valence electrons. The van der Waals surface area contributed by atoms with Crippen molar-refractivity contribution in [2.45, 2.75) is 37.2 Å². The van der Waals surface area contributed by atoms with Gasteiger partial charge in [-0.25, -0.2) is 0 Å². The number of guanidine groups is 1. The first-order chi connectivity index (χ1) is 12.8. The predicted molar refractivity (Wildman–Crippen MR) is 110 cm³/mol. The summed E-state index contributed by atoms with van der Waals surface area (Å²) in [6.07, 6.45) is 3.48. The van der Waals surface area contributed by atoms with Gasteiger partial charge in [-0.2, -0.15) is 0 Å². The van der Waals surface area contributed by atoms with Gasteiger partial charge in [0.25, 0.3) is 0 Å². The van der Waals surface area contributed by atoms with Crippen LogP contribution in [0, 0.1) is 0 Å². The lowest BCUT2D eigenvalue weighted by atomic mass is 10.1. The third-order valence-corrected chi connectivity index (χ3v) is 5.28. The zero-order valence-corrected chi connectivity index (χ0v) is 17.0. The Bertz CT molecular complexity index is 505. The molecule has 1 saturated heterocycles. The fourth-order valence-electron chi connectivity index (χ4n) is 2.95. The number of methoxy groups -OCH3 is 1. The van der Waals surface area contributed by atoms with Crippen LogP contribution in [0.25, 0.3) is 0 Å². The Kier molecular flexibility index (Phi) is 10.5. The van der Waals surface area contributed by atoms with Crippen molar-refractivity contribution in [1.29, 1.82) is 0 Å². The van der Waals surface area contributed by atoms with E-state index >= 15 is 0 Å². The largest absolute Gasteiger partial charge is 0.385 e. The molecule has 0 bridgehead atoms. The van der Waals surface area contributed by atoms with Crippen LogP contribution in [0.2, 0.25) is 0 Å². The monoisotopic (exact) mass is 379 g/mol. The van der Waals surface area contributed by atoms with Crippen molar-refractivity contribution in [3.63, 3.8) is 0 Å². The summed E-state index contributed by atoms with van der Waals surface area (Å²) in [5.41, 5.74) is 0. The van der Waals surface area contributed by atoms with E-state index < -0.39 is 0 Å². The van der Waals surface area contributed by atoms with E-state index in [1.54, 1.807) is 7.11 Å². The maximum absolute atomic E-state index is 5.95. The number of piperidine rings is 1. The molecular weight excluding hydrogens is 346 g/mol. The highest BCUT2D eigenvalue weighted by molar-refractivity contribution is 7.99. The molecule has 0 aromatic heterocycles. The van der Waals surface area contributed by atoms with E-state index in [4.69, 9.17) is 14.5 Å². The molecule has 0 amide bonds. The van der Waals surface area contributed by atoms with Gasteiger partial charge in [0.1, 0.15) is 0 Å². The Morgan fingerprint density at radius 1 is 1.23 bits per heavy atom. The van der Waals surface area contributed by atoms with E-state index in [0.717, 1.165) is 70.4 Å². The highest BCUT2D eigenvalue weighted by Gasteiger charge is 2.21. The summed E-state index contributed by atoms with van der Waals surface area (Å²) in [6.45, 7) is 7.44. The van der Waals surface area contributed by atoms with Gasteiger partial charge in [-0.3, -0.25) is 4.99 Å². The van der Waals surface area contributed by atoms with Crippen LogP contribution in [0.3, 0.4) is 0 Å². The Labute approximate surface area is 162 Å². The molecule has 2 rings (SSSR count). The van der Waals surface area contributed by atoms with E-state index in [0.29, 0.717) is 6.10 Å². The normalized spacial score (nSPS) is 16.1. The van der Waals surface area contributed by atoms with Crippen LogP contribution >= 0.6 is 11.8 Å². The molecule has 1 aliphatic heterocycles. The number of likely N-dealkylation sites (tertiary alicyclic amines) is 1. The molecule has 1 aromatic rings. The highest BCUT2D eigenvalue weighted by atomic mass is 32.2. The van der Waals surface area contributed by atoms with Crippen molar-refractivity contribution in [2.24, 2.45) is 4.99 Å². The van der Waals surface area contributed by atoms with Crippen LogP contribution in [0.15, 0.2) is 40.2 Å². The molecule has 1 aliphatic rings. The van der Waals surface area contributed by atoms with Crippen LogP contribution in [0.5, 0.6) is 0 Å². The minimum atomic E-state index is 0.375. The number of benzene rings is 1. The zero-order chi connectivity index (χ0) is 18.5. The summed E-state index contributed by atoms with van der Waals surface area (Å²) in [6, 6.07) is 10.5. The summed E-state index contributed by atoms with van der Waals surface area (Å²) in [4.78, 5) is 8.49. The molecule has 26 heavy (non-hydrogen) atoms. The zero-order valence-electron chi connectivity index (χ0n) is 16.2. The first kappa shape index (κ1) is 21.1. The summed E-state index contributed by atoms with van der Waals surface area (Å²) >= 11 is 1.86. The Balaban J connectivity index is 1.71. The second-order valence-corrected chi connectivity index (χ2v) is 7.47. The third-order valence-electron chi connectivity index (χ3n) is 4.29. The molecule has 1 heterocycles. The smallest absolute Gasteiger partial charge is 0.193 e. The number of nitrogens with zero attached hydrogens (tertiary/aromatic N) is 2. The van der Waals surface area contributed by atoms with Gasteiger partial charge in [0, 0.05) is 50.6 Å². The number of hydrogen-bond donors (Lipinski definition) is 1. The van der Waals surface area contributed by atoms with Crippen molar-refractivity contribution in [2.75, 3.05) is 52.3 Å². The Hall–Kier alpha value is -1.24. The highest BCUT2D eigenvalue weighted by Crippen LogP contribution is 2.17. The molecular formula is C20H33N3O2S. The molecule has 0 aliphatic carbocycles. The predicted octanol–water partition coefficient (Wildman–Crippen LogP) is 3.26. The van der Waals surface area contributed by atoms with Crippen molar-refractivity contribution in [3.05, 3.63) is 30.3 Å². The molecule has 0 spiro atoms. The molecule has 0 radical (unpaired) electrons. The summed E-state index contributed by atoms with van der Waals surface area (Å²) in [5, 5.41) is 3.44. The minimum Gasteiger partial charge on any atom is -0.385 e. The van der Waals surface area contributed by atoms with Gasteiger partial charge >= 0.3 is 0 Å². The van der Waals surface area contributed by atoms with Crippen molar-refractivity contribution >= 4 is 17.7 Å². The van der Waals surface area contributed by atoms with E-state index in [-0.39, 0.29) is 0 Å². The number of nitrogens with one attached hydrogen (secondary N) is 1. The maximum Gasteiger partial charge on any atom is 0.193 e. The van der Waals surface area contributed by atoms with Crippen molar-refractivity contribution < 1.29 is 9.47 Å². The van der Waals surface area contributed by atoms with Crippen LogP contribution < -0.4 is 5.32 Å². The fraction of sp³-hybridized carbons (Fsp3) is 0.650. The maximum atomic E-state index is 5.95. The first-order valence-electron chi connectivity index (χ1n) is 9.65. The molecule has 6 heteroatoms. The lowest BCUT2D eigenvalue weighted by molar-refractivity contribution is 0.00991. The summed E-state index contributed by atoms with van der Waals surface area (Å²) in [5.74, 6) is 2.04. The topological polar surface area (TPSA) is 46.1 Å². The number of aliphatic imine (C=N–C) groups is 1. The average molecular weight is 380 g/mol. The number of ether oxygens (including phenoxy) is 2. The molecule has 1 N–H and O–H groups in total. The molecule has 0 saturated carbocycles. The Morgan fingerprint density at radius 3 is 2.69 bits per heavy atom. The SMILES string of the molecule is CCNC(=NCCSc1ccccc1)N1CCC(OCCCOC)CC1. The Morgan fingerprint density at radius 2 is 2.00 bits per heavy atom. The molecule has 5 nitrogen and oxygen atoms in total. The molecule has 0 unspecified atom stereocenters. The van der Waals surface area contributed by atoms with Gasteiger partial charge < -0.3 is 19.7 Å². The summed E-state index contributed by atoms with van der Waals surface area (Å²) < 4.78 is 11.0. The number of hydrogen-bond acceptors (Lipinski definition) is 4. The van der Waals surface area contributed by atoms with Crippen molar-refractivity contribution in [3.8, 4) is 0 Å². The van der Waals surface area contributed by atoms with Crippen LogP contribution in [0.4, 0.5) is 0 Å². The molecule has 1 aromatic carbocycles.